The number of carboxylic acids is 1. The Morgan fingerprint density at radius 1 is 1.43 bits per heavy atom. The van der Waals surface area contributed by atoms with Crippen LogP contribution in [0.5, 0.6) is 0 Å². The molecule has 2 atom stereocenters. The molecule has 0 aliphatic rings. The fraction of sp³-hybridized carbons (Fsp3) is 0.714. The Hall–Kier alpha value is -0.140. The molecule has 76 valence electrons. The zero-order chi connectivity index (χ0) is 10.4. The van der Waals surface area contributed by atoms with Crippen LogP contribution < -0.4 is 46.1 Å². The van der Waals surface area contributed by atoms with Crippen molar-refractivity contribution in [3.8, 4) is 0 Å². The van der Waals surface area contributed by atoms with Gasteiger partial charge in [0.15, 0.2) is 0 Å². The molecule has 0 fully saturated rings. The largest absolute Gasteiger partial charge is 1.00 e. The summed E-state index contributed by atoms with van der Waals surface area (Å²) in [4.78, 5) is 20.9. The number of ether oxygens (including phenoxy) is 1. The summed E-state index contributed by atoms with van der Waals surface area (Å²) in [6.45, 7) is 1.50. The third-order valence-corrected chi connectivity index (χ3v) is 1.28. The van der Waals surface area contributed by atoms with Crippen LogP contribution in [0.15, 0.2) is 0 Å². The van der Waals surface area contributed by atoms with Gasteiger partial charge in [0.25, 0.3) is 0 Å². The molecule has 0 saturated carbocycles. The Kier molecular flexibility index (Phi) is 9.53. The number of hydrogen-bond donors (Lipinski definition) is 2. The second kappa shape index (κ2) is 8.19. The van der Waals surface area contributed by atoms with Gasteiger partial charge in [0.1, 0.15) is 6.23 Å². The van der Waals surface area contributed by atoms with Gasteiger partial charge in [0.2, 0.25) is 0 Å². The zero-order valence-corrected chi connectivity index (χ0v) is 10.4. The summed E-state index contributed by atoms with van der Waals surface area (Å²) < 4.78 is 4.55. The summed E-state index contributed by atoms with van der Waals surface area (Å²) in [5.74, 6) is -1.94. The number of carbonyl (C=O) groups excluding carboxylic acids is 2. The maximum atomic E-state index is 10.8. The van der Waals surface area contributed by atoms with Crippen LogP contribution in [0.25, 0.3) is 0 Å². The van der Waals surface area contributed by atoms with Gasteiger partial charge in [-0.05, 0) is 13.3 Å². The van der Waals surface area contributed by atoms with Crippen molar-refractivity contribution < 1.29 is 49.0 Å². The predicted molar refractivity (Wildman–Crippen MR) is 42.0 cm³/mol. The van der Waals surface area contributed by atoms with E-state index < -0.39 is 24.2 Å². The molecular weight excluding hydrogens is 199 g/mol. The van der Waals surface area contributed by atoms with Gasteiger partial charge in [-0.3, -0.25) is 10.5 Å². The van der Waals surface area contributed by atoms with E-state index in [4.69, 9.17) is 11.5 Å². The number of nitrogens with two attached hydrogens (primary N) is 2. The Morgan fingerprint density at radius 3 is 2.29 bits per heavy atom. The Labute approximate surface area is 104 Å². The topological polar surface area (TPSA) is 118 Å². The van der Waals surface area contributed by atoms with Crippen molar-refractivity contribution in [1.29, 1.82) is 0 Å². The molecule has 0 aliphatic carbocycles. The Morgan fingerprint density at radius 2 is 1.93 bits per heavy atom. The van der Waals surface area contributed by atoms with E-state index in [1.54, 1.807) is 0 Å². The maximum absolute atomic E-state index is 10.8. The number of rotatable bonds is 5. The molecule has 6 nitrogen and oxygen atoms in total. The monoisotopic (exact) mass is 212 g/mol. The minimum Gasteiger partial charge on any atom is -0.548 e. The van der Waals surface area contributed by atoms with Crippen LogP contribution in [-0.4, -0.2) is 24.2 Å². The van der Waals surface area contributed by atoms with Crippen molar-refractivity contribution in [2.45, 2.75) is 32.0 Å². The minimum atomic E-state index is -1.38. The molecule has 0 aliphatic heterocycles. The fourth-order valence-electron chi connectivity index (χ4n) is 0.657. The van der Waals surface area contributed by atoms with Gasteiger partial charge in [-0.1, -0.05) is 0 Å². The van der Waals surface area contributed by atoms with E-state index in [2.05, 4.69) is 4.74 Å². The summed E-state index contributed by atoms with van der Waals surface area (Å²) in [6.07, 6.45) is -0.767. The molecule has 0 aromatic carbocycles. The molecule has 0 rings (SSSR count). The van der Waals surface area contributed by atoms with Crippen LogP contribution >= 0.6 is 0 Å². The summed E-state index contributed by atoms with van der Waals surface area (Å²) in [6, 6.07) is -1.14. The summed E-state index contributed by atoms with van der Waals surface area (Å²) in [5.41, 5.74) is 10.3. The van der Waals surface area contributed by atoms with Crippen molar-refractivity contribution in [3.63, 3.8) is 0 Å². The predicted octanol–water partition coefficient (Wildman–Crippen LogP) is -5.30. The first kappa shape index (κ1) is 16.3. The van der Waals surface area contributed by atoms with Crippen LogP contribution in [0.2, 0.25) is 0 Å². The third-order valence-electron chi connectivity index (χ3n) is 1.28. The van der Waals surface area contributed by atoms with Gasteiger partial charge in [-0.25, -0.2) is 0 Å². The van der Waals surface area contributed by atoms with Gasteiger partial charge in [-0.15, -0.1) is 0 Å². The van der Waals surface area contributed by atoms with Crippen molar-refractivity contribution >= 4 is 11.9 Å². The molecule has 0 aromatic rings. The third kappa shape index (κ3) is 8.46. The number of carbonyl (C=O) groups is 2. The molecule has 14 heavy (non-hydrogen) atoms. The number of aliphatic carboxylic acids is 1. The summed E-state index contributed by atoms with van der Waals surface area (Å²) in [7, 11) is 0. The molecule has 0 bridgehead atoms. The van der Waals surface area contributed by atoms with Crippen molar-refractivity contribution in [2.75, 3.05) is 0 Å². The second-order valence-corrected chi connectivity index (χ2v) is 2.66. The van der Waals surface area contributed by atoms with E-state index in [1.165, 1.54) is 6.92 Å². The van der Waals surface area contributed by atoms with Gasteiger partial charge >= 0.3 is 35.5 Å². The molecule has 7 heteroatoms. The first-order chi connectivity index (χ1) is 5.93. The quantitative estimate of drug-likeness (QED) is 0.267. The average molecular weight is 212 g/mol. The summed E-state index contributed by atoms with van der Waals surface area (Å²) in [5, 5.41) is 10.1. The van der Waals surface area contributed by atoms with Crippen LogP contribution in [0.1, 0.15) is 19.8 Å². The van der Waals surface area contributed by atoms with Gasteiger partial charge in [-0.2, -0.15) is 0 Å². The number of esters is 1. The first-order valence-electron chi connectivity index (χ1n) is 3.85. The average Bonchev–Trinajstić information content (AvgIpc) is 1.98. The maximum Gasteiger partial charge on any atom is 1.00 e. The Bertz CT molecular complexity index is 198. The van der Waals surface area contributed by atoms with E-state index >= 15 is 0 Å². The van der Waals surface area contributed by atoms with E-state index in [0.717, 1.165) is 0 Å². The van der Waals surface area contributed by atoms with E-state index in [9.17, 15) is 14.7 Å². The number of hydrogen-bond acceptors (Lipinski definition) is 6. The molecule has 1 unspecified atom stereocenters. The normalized spacial score (nSPS) is 13.6. The van der Waals surface area contributed by atoms with Crippen molar-refractivity contribution in [3.05, 3.63) is 0 Å². The standard InChI is InChI=1S/C7H14N2O4.Na/c1-4(8)13-6(10)3-2-5(9)7(11)12;/h4-5H,2-3,8-9H2,1H3,(H,11,12);/q;+1/p-1/t4?,5-;/m0./s1. The first-order valence-corrected chi connectivity index (χ1v) is 3.85. The molecule has 0 spiro atoms. The molecule has 0 aromatic heterocycles. The molecular formula is C7H13N2NaO4. The zero-order valence-electron chi connectivity index (χ0n) is 8.36. The molecule has 0 amide bonds. The van der Waals surface area contributed by atoms with Gasteiger partial charge in [0.05, 0.1) is 5.97 Å². The second-order valence-electron chi connectivity index (χ2n) is 2.66. The van der Waals surface area contributed by atoms with E-state index in [0.29, 0.717) is 0 Å². The molecule has 0 heterocycles. The smallest absolute Gasteiger partial charge is 0.548 e. The van der Waals surface area contributed by atoms with Crippen molar-refractivity contribution in [2.24, 2.45) is 11.5 Å². The van der Waals surface area contributed by atoms with Crippen LogP contribution in [-0.2, 0) is 14.3 Å². The Balaban J connectivity index is 0. The van der Waals surface area contributed by atoms with Crippen LogP contribution in [0, 0.1) is 0 Å². The number of carboxylic acid groups (broad SMARTS) is 1. The van der Waals surface area contributed by atoms with E-state index in [1.807, 2.05) is 0 Å². The minimum absolute atomic E-state index is 0. The summed E-state index contributed by atoms with van der Waals surface area (Å²) >= 11 is 0. The molecule has 4 N–H and O–H groups in total. The van der Waals surface area contributed by atoms with Gasteiger partial charge < -0.3 is 20.4 Å². The molecule has 0 saturated heterocycles. The van der Waals surface area contributed by atoms with E-state index in [-0.39, 0.29) is 42.4 Å². The SMILES string of the molecule is CC(N)OC(=O)CC[C@H](N)C(=O)[O-].[Na+]. The molecule has 0 radical (unpaired) electrons. The van der Waals surface area contributed by atoms with Crippen LogP contribution in [0.3, 0.4) is 0 Å². The fourth-order valence-corrected chi connectivity index (χ4v) is 0.657. The van der Waals surface area contributed by atoms with Crippen molar-refractivity contribution in [1.82, 2.24) is 0 Å². The van der Waals surface area contributed by atoms with Crippen LogP contribution in [0.4, 0.5) is 0 Å². The van der Waals surface area contributed by atoms with Gasteiger partial charge in [0, 0.05) is 12.5 Å².